The lowest BCUT2D eigenvalue weighted by molar-refractivity contribution is 0.0339. The average molecular weight is 283 g/mol. The van der Waals surface area contributed by atoms with E-state index in [2.05, 4.69) is 4.90 Å². The summed E-state index contributed by atoms with van der Waals surface area (Å²) in [6, 6.07) is 9.42. The second-order valence-electron chi connectivity index (χ2n) is 4.74. The van der Waals surface area contributed by atoms with Crippen LogP contribution < -0.4 is 4.74 Å². The molecular formula is C16H17N3O2. The first-order chi connectivity index (χ1) is 10.3. The number of allylic oxidation sites excluding steroid dienone is 1. The van der Waals surface area contributed by atoms with E-state index in [4.69, 9.17) is 20.0 Å². The van der Waals surface area contributed by atoms with Crippen molar-refractivity contribution in [1.29, 1.82) is 10.5 Å². The molecule has 1 aliphatic heterocycles. The molecule has 0 spiro atoms. The Labute approximate surface area is 124 Å². The lowest BCUT2D eigenvalue weighted by Gasteiger charge is -2.27. The maximum Gasteiger partial charge on any atom is 0.130 e. The predicted octanol–water partition coefficient (Wildman–Crippen LogP) is 1.96. The first-order valence-electron chi connectivity index (χ1n) is 6.75. The van der Waals surface area contributed by atoms with Crippen LogP contribution in [0.3, 0.4) is 0 Å². The molecule has 21 heavy (non-hydrogen) atoms. The van der Waals surface area contributed by atoms with Gasteiger partial charge in [-0.3, -0.25) is 4.90 Å². The summed E-state index contributed by atoms with van der Waals surface area (Å²) >= 11 is 0. The molecule has 1 aliphatic rings. The quantitative estimate of drug-likeness (QED) is 0.790. The molecule has 0 aromatic heterocycles. The minimum atomic E-state index is 0.0949. The molecule has 1 aromatic rings. The number of hydrogen-bond donors (Lipinski definition) is 0. The summed E-state index contributed by atoms with van der Waals surface area (Å²) < 4.78 is 10.7. The first-order valence-corrected chi connectivity index (χ1v) is 6.75. The Morgan fingerprint density at radius 1 is 1.33 bits per heavy atom. The molecule has 5 nitrogen and oxygen atoms in total. The summed E-state index contributed by atoms with van der Waals surface area (Å²) in [6.07, 6.45) is 1.59. The number of rotatable bonds is 4. The number of benzene rings is 1. The molecule has 0 saturated carbocycles. The van der Waals surface area contributed by atoms with Gasteiger partial charge in [0.05, 0.1) is 20.3 Å². The summed E-state index contributed by atoms with van der Waals surface area (Å²) in [5, 5.41) is 17.7. The molecule has 1 saturated heterocycles. The molecule has 1 aromatic carbocycles. The van der Waals surface area contributed by atoms with Crippen molar-refractivity contribution in [3.05, 3.63) is 34.9 Å². The smallest absolute Gasteiger partial charge is 0.130 e. The van der Waals surface area contributed by atoms with Crippen molar-refractivity contribution in [3.8, 4) is 17.9 Å². The van der Waals surface area contributed by atoms with Gasteiger partial charge in [0.2, 0.25) is 0 Å². The van der Waals surface area contributed by atoms with Gasteiger partial charge in [-0.1, -0.05) is 6.07 Å². The summed E-state index contributed by atoms with van der Waals surface area (Å²) in [7, 11) is 1.64. The Hall–Kier alpha value is -2.34. The number of nitriles is 2. The molecule has 0 unspecified atom stereocenters. The zero-order valence-corrected chi connectivity index (χ0v) is 12.0. The second-order valence-corrected chi connectivity index (χ2v) is 4.74. The van der Waals surface area contributed by atoms with Gasteiger partial charge >= 0.3 is 0 Å². The van der Waals surface area contributed by atoms with Crippen LogP contribution in [0.5, 0.6) is 5.75 Å². The highest BCUT2D eigenvalue weighted by Gasteiger charge is 2.13. The van der Waals surface area contributed by atoms with Gasteiger partial charge in [-0.15, -0.1) is 0 Å². The largest absolute Gasteiger partial charge is 0.496 e. The van der Waals surface area contributed by atoms with E-state index >= 15 is 0 Å². The van der Waals surface area contributed by atoms with Crippen LogP contribution in [-0.2, 0) is 11.3 Å². The van der Waals surface area contributed by atoms with Crippen molar-refractivity contribution >= 4 is 6.08 Å². The van der Waals surface area contributed by atoms with Crippen LogP contribution >= 0.6 is 0 Å². The highest BCUT2D eigenvalue weighted by atomic mass is 16.5. The first kappa shape index (κ1) is 15.1. The fourth-order valence-electron chi connectivity index (χ4n) is 2.27. The molecule has 2 rings (SSSR count). The number of morpholine rings is 1. The van der Waals surface area contributed by atoms with Gasteiger partial charge in [0.1, 0.15) is 23.5 Å². The molecule has 0 amide bonds. The van der Waals surface area contributed by atoms with E-state index in [9.17, 15) is 0 Å². The van der Waals surface area contributed by atoms with Crippen molar-refractivity contribution in [1.82, 2.24) is 4.90 Å². The summed E-state index contributed by atoms with van der Waals surface area (Å²) in [5.41, 5.74) is 1.97. The van der Waals surface area contributed by atoms with Crippen molar-refractivity contribution in [2.45, 2.75) is 6.54 Å². The third-order valence-electron chi connectivity index (χ3n) is 3.35. The normalized spacial score (nSPS) is 14.8. The summed E-state index contributed by atoms with van der Waals surface area (Å²) in [4.78, 5) is 2.30. The van der Waals surface area contributed by atoms with Gasteiger partial charge in [0.25, 0.3) is 0 Å². The highest BCUT2D eigenvalue weighted by Crippen LogP contribution is 2.23. The predicted molar refractivity (Wildman–Crippen MR) is 78.3 cm³/mol. The SMILES string of the molecule is COc1ccc(C=C(C#N)C#N)cc1CN1CCOCC1. The topological polar surface area (TPSA) is 69.3 Å². The highest BCUT2D eigenvalue weighted by molar-refractivity contribution is 5.63. The molecule has 1 fully saturated rings. The zero-order valence-electron chi connectivity index (χ0n) is 12.0. The minimum absolute atomic E-state index is 0.0949. The molecule has 0 radical (unpaired) electrons. The van der Waals surface area contributed by atoms with Crippen LogP contribution in [0.15, 0.2) is 23.8 Å². The zero-order chi connectivity index (χ0) is 15.1. The number of methoxy groups -OCH3 is 1. The van der Waals surface area contributed by atoms with Crippen molar-refractivity contribution in [2.75, 3.05) is 33.4 Å². The van der Waals surface area contributed by atoms with E-state index in [1.165, 1.54) is 0 Å². The Morgan fingerprint density at radius 2 is 2.05 bits per heavy atom. The molecule has 1 heterocycles. The molecule has 0 N–H and O–H groups in total. The van der Waals surface area contributed by atoms with Gasteiger partial charge in [-0.05, 0) is 23.8 Å². The van der Waals surface area contributed by atoms with Gasteiger partial charge in [-0.2, -0.15) is 10.5 Å². The third kappa shape index (κ3) is 4.06. The Morgan fingerprint density at radius 3 is 2.67 bits per heavy atom. The fraction of sp³-hybridized carbons (Fsp3) is 0.375. The van der Waals surface area contributed by atoms with Crippen LogP contribution in [0.2, 0.25) is 0 Å². The lowest BCUT2D eigenvalue weighted by Crippen LogP contribution is -2.35. The van der Waals surface area contributed by atoms with E-state index in [1.54, 1.807) is 13.2 Å². The van der Waals surface area contributed by atoms with Crippen molar-refractivity contribution < 1.29 is 9.47 Å². The summed E-state index contributed by atoms with van der Waals surface area (Å²) in [5.74, 6) is 0.814. The van der Waals surface area contributed by atoms with E-state index in [-0.39, 0.29) is 5.57 Å². The Bertz CT molecular complexity index is 589. The fourth-order valence-corrected chi connectivity index (χ4v) is 2.27. The standard InChI is InChI=1S/C16H17N3O2/c1-20-16-3-2-13(8-14(10-17)11-18)9-15(16)12-19-4-6-21-7-5-19/h2-3,8-9H,4-7,12H2,1H3. The third-order valence-corrected chi connectivity index (χ3v) is 3.35. The lowest BCUT2D eigenvalue weighted by atomic mass is 10.1. The van der Waals surface area contributed by atoms with E-state index < -0.39 is 0 Å². The molecule has 0 aliphatic carbocycles. The molecule has 108 valence electrons. The monoisotopic (exact) mass is 283 g/mol. The Balaban J connectivity index is 2.24. The maximum absolute atomic E-state index is 8.83. The maximum atomic E-state index is 8.83. The van der Waals surface area contributed by atoms with Gasteiger partial charge < -0.3 is 9.47 Å². The van der Waals surface area contributed by atoms with Gasteiger partial charge in [0, 0.05) is 25.2 Å². The number of nitrogens with zero attached hydrogens (tertiary/aromatic N) is 3. The van der Waals surface area contributed by atoms with Crippen molar-refractivity contribution in [2.24, 2.45) is 0 Å². The van der Waals surface area contributed by atoms with Crippen LogP contribution in [0, 0.1) is 22.7 Å². The average Bonchev–Trinajstić information content (AvgIpc) is 2.54. The number of ether oxygens (including phenoxy) is 2. The van der Waals surface area contributed by atoms with E-state index in [0.29, 0.717) is 0 Å². The van der Waals surface area contributed by atoms with E-state index in [0.717, 1.165) is 49.7 Å². The molecule has 5 heteroatoms. The molecule has 0 bridgehead atoms. The minimum Gasteiger partial charge on any atom is -0.496 e. The second kappa shape index (κ2) is 7.44. The van der Waals surface area contributed by atoms with Gasteiger partial charge in [-0.25, -0.2) is 0 Å². The molecular weight excluding hydrogens is 266 g/mol. The number of hydrogen-bond acceptors (Lipinski definition) is 5. The molecule has 0 atom stereocenters. The summed E-state index contributed by atoms with van der Waals surface area (Å²) in [6.45, 7) is 4.04. The van der Waals surface area contributed by atoms with Crippen LogP contribution in [0.1, 0.15) is 11.1 Å². The van der Waals surface area contributed by atoms with Crippen LogP contribution in [0.25, 0.3) is 6.08 Å². The van der Waals surface area contributed by atoms with Crippen molar-refractivity contribution in [3.63, 3.8) is 0 Å². The van der Waals surface area contributed by atoms with Gasteiger partial charge in [0.15, 0.2) is 0 Å². The Kier molecular flexibility index (Phi) is 5.34. The van der Waals surface area contributed by atoms with E-state index in [1.807, 2.05) is 30.3 Å². The van der Waals surface area contributed by atoms with Crippen LogP contribution in [-0.4, -0.2) is 38.3 Å². The van der Waals surface area contributed by atoms with Crippen LogP contribution in [0.4, 0.5) is 0 Å².